The topological polar surface area (TPSA) is 158 Å². The number of carbonyl (C=O) groups is 3. The number of aromatic nitrogens is 1. The van der Waals surface area contributed by atoms with Crippen molar-refractivity contribution in [3.63, 3.8) is 0 Å². The zero-order valence-electron chi connectivity index (χ0n) is 23.4. The van der Waals surface area contributed by atoms with E-state index in [9.17, 15) is 27.6 Å². The van der Waals surface area contributed by atoms with Gasteiger partial charge in [0.1, 0.15) is 17.5 Å². The monoisotopic (exact) mass is 650 g/mol. The van der Waals surface area contributed by atoms with Crippen LogP contribution in [0.2, 0.25) is 0 Å². The number of nitrogens with two attached hydrogens (primary N) is 1. The first-order valence-corrected chi connectivity index (χ1v) is 16.6. The van der Waals surface area contributed by atoms with Crippen LogP contribution in [0.3, 0.4) is 0 Å². The fourth-order valence-corrected chi connectivity index (χ4v) is 8.73. The zero-order valence-corrected chi connectivity index (χ0v) is 25.9. The molecule has 6 rings (SSSR count). The maximum Gasteiger partial charge on any atom is 0.308 e. The number of methoxy groups -OCH3 is 1. The second-order valence-corrected chi connectivity index (χ2v) is 14.1. The highest BCUT2D eigenvalue weighted by molar-refractivity contribution is 8.00. The number of hydrogen-bond acceptors (Lipinski definition) is 9. The number of sulfonamides is 1. The molecule has 0 radical (unpaired) electrons. The first kappa shape index (κ1) is 29.8. The van der Waals surface area contributed by atoms with Crippen LogP contribution in [0.15, 0.2) is 87.5 Å². The Balaban J connectivity index is 1.37. The van der Waals surface area contributed by atoms with Crippen molar-refractivity contribution in [1.29, 1.82) is 0 Å². The number of imide groups is 1. The number of nitrogens with zero attached hydrogens (tertiary/aromatic N) is 2. The predicted molar refractivity (Wildman–Crippen MR) is 167 cm³/mol. The molecule has 0 spiro atoms. The van der Waals surface area contributed by atoms with Crippen LogP contribution >= 0.6 is 23.1 Å². The molecule has 3 amide bonds. The van der Waals surface area contributed by atoms with Crippen molar-refractivity contribution in [3.8, 4) is 5.75 Å². The predicted octanol–water partition coefficient (Wildman–Crippen LogP) is 3.31. The number of thioether (sulfide) groups is 1. The molecule has 0 saturated carbocycles. The number of primary sulfonamides is 1. The number of carbonyl (C=O) groups excluding carboxylic acids is 3. The SMILES string of the molecule is COc1ccc([C@@H]2c3sc(=O)n(CC(=O)Nc4ccc(S(N)(=O)=O)cc4)c3S[C@H]3C(=O)N(c4ccc(C)cc4)C(=O)[C@@H]23)cc1. The maximum atomic E-state index is 14.0. The van der Waals surface area contributed by atoms with Crippen molar-refractivity contribution in [2.24, 2.45) is 11.1 Å². The van der Waals surface area contributed by atoms with E-state index in [-0.39, 0.29) is 23.3 Å². The number of aryl methyl sites for hydroxylation is 1. The highest BCUT2D eigenvalue weighted by Crippen LogP contribution is 2.54. The molecule has 1 saturated heterocycles. The normalized spacial score (nSPS) is 19.4. The summed E-state index contributed by atoms with van der Waals surface area (Å²) in [6.45, 7) is 1.56. The summed E-state index contributed by atoms with van der Waals surface area (Å²) in [7, 11) is -2.35. The summed E-state index contributed by atoms with van der Waals surface area (Å²) in [5, 5.41) is 7.43. The molecule has 2 aliphatic rings. The van der Waals surface area contributed by atoms with Gasteiger partial charge in [0.25, 0.3) is 0 Å². The summed E-state index contributed by atoms with van der Waals surface area (Å²) < 4.78 is 29.7. The maximum absolute atomic E-state index is 14.0. The average Bonchev–Trinajstić information content (AvgIpc) is 3.43. The summed E-state index contributed by atoms with van der Waals surface area (Å²) in [4.78, 5) is 55.5. The molecule has 14 heteroatoms. The third-order valence-corrected chi connectivity index (χ3v) is 11.1. The van der Waals surface area contributed by atoms with Gasteiger partial charge in [0.15, 0.2) is 0 Å². The Labute approximate surface area is 260 Å². The Kier molecular flexibility index (Phi) is 7.70. The number of anilines is 2. The van der Waals surface area contributed by atoms with Crippen LogP contribution in [0, 0.1) is 12.8 Å². The molecule has 0 unspecified atom stereocenters. The van der Waals surface area contributed by atoms with Crippen LogP contribution in [-0.2, 0) is 31.0 Å². The summed E-state index contributed by atoms with van der Waals surface area (Å²) >= 11 is 2.07. The highest BCUT2D eigenvalue weighted by Gasteiger charge is 2.56. The standard InChI is InChI=1S/C30H26N4O7S3/c1-16-3-9-19(10-4-16)34-27(36)24-23(17-5-11-20(41-2)12-6-17)26-29(42-25(24)28(34)37)33(30(38)43-26)15-22(35)32-18-7-13-21(14-8-18)44(31,39)40/h3-14,23-25H,15H2,1-2H3,(H,32,35)(H2,31,39,40)/t23-,24-,25+/m0/s1. The highest BCUT2D eigenvalue weighted by atomic mass is 32.2. The largest absolute Gasteiger partial charge is 0.497 e. The Morgan fingerprint density at radius 2 is 1.61 bits per heavy atom. The summed E-state index contributed by atoms with van der Waals surface area (Å²) in [6, 6.07) is 19.6. The van der Waals surface area contributed by atoms with Crippen molar-refractivity contribution in [2.75, 3.05) is 17.3 Å². The average molecular weight is 651 g/mol. The van der Waals surface area contributed by atoms with E-state index in [1.54, 1.807) is 31.4 Å². The van der Waals surface area contributed by atoms with Gasteiger partial charge in [-0.3, -0.25) is 23.7 Å². The third kappa shape index (κ3) is 5.34. The second-order valence-electron chi connectivity index (χ2n) is 10.4. The number of rotatable bonds is 7. The van der Waals surface area contributed by atoms with E-state index in [1.165, 1.54) is 33.7 Å². The fraction of sp³-hybridized carbons (Fsp3) is 0.200. The molecule has 4 aromatic rings. The minimum atomic E-state index is -3.90. The first-order chi connectivity index (χ1) is 21.0. The van der Waals surface area contributed by atoms with Crippen LogP contribution in [0.5, 0.6) is 5.75 Å². The third-order valence-electron chi connectivity index (χ3n) is 7.58. The van der Waals surface area contributed by atoms with E-state index in [0.717, 1.165) is 34.2 Å². The van der Waals surface area contributed by atoms with Crippen LogP contribution in [-0.4, -0.2) is 43.1 Å². The molecular formula is C30H26N4O7S3. The Hall–Kier alpha value is -4.24. The van der Waals surface area contributed by atoms with E-state index in [4.69, 9.17) is 9.88 Å². The number of thiazole rings is 1. The molecule has 3 N–H and O–H groups in total. The minimum Gasteiger partial charge on any atom is -0.497 e. The molecule has 1 fully saturated rings. The zero-order chi connectivity index (χ0) is 31.3. The molecule has 0 aliphatic carbocycles. The van der Waals surface area contributed by atoms with E-state index in [0.29, 0.717) is 27.0 Å². The van der Waals surface area contributed by atoms with Gasteiger partial charge in [0.2, 0.25) is 27.7 Å². The number of amides is 3. The quantitative estimate of drug-likeness (QED) is 0.289. The Bertz CT molecular complexity index is 1950. The summed E-state index contributed by atoms with van der Waals surface area (Å²) in [5.74, 6) is -2.03. The number of ether oxygens (including phenoxy) is 1. The smallest absolute Gasteiger partial charge is 0.308 e. The van der Waals surface area contributed by atoms with E-state index in [2.05, 4.69) is 5.32 Å². The lowest BCUT2D eigenvalue weighted by atomic mass is 9.83. The lowest BCUT2D eigenvalue weighted by molar-refractivity contribution is -0.122. The molecule has 3 atom stereocenters. The van der Waals surface area contributed by atoms with Crippen LogP contribution < -0.4 is 25.0 Å². The van der Waals surface area contributed by atoms with Gasteiger partial charge < -0.3 is 10.1 Å². The van der Waals surface area contributed by atoms with Crippen molar-refractivity contribution < 1.29 is 27.5 Å². The van der Waals surface area contributed by atoms with Gasteiger partial charge in [-0.05, 0) is 61.0 Å². The van der Waals surface area contributed by atoms with Gasteiger partial charge in [0.05, 0.1) is 28.6 Å². The van der Waals surface area contributed by atoms with Gasteiger partial charge in [-0.2, -0.15) is 0 Å². The number of fused-ring (bicyclic) bond motifs is 2. The Morgan fingerprint density at radius 3 is 2.23 bits per heavy atom. The molecule has 3 aromatic carbocycles. The van der Waals surface area contributed by atoms with Gasteiger partial charge in [-0.25, -0.2) is 18.5 Å². The van der Waals surface area contributed by atoms with E-state index >= 15 is 0 Å². The van der Waals surface area contributed by atoms with E-state index in [1.807, 2.05) is 31.2 Å². The van der Waals surface area contributed by atoms with Gasteiger partial charge in [-0.1, -0.05) is 52.9 Å². The molecule has 11 nitrogen and oxygen atoms in total. The summed E-state index contributed by atoms with van der Waals surface area (Å²) in [6.07, 6.45) is 0. The minimum absolute atomic E-state index is 0.107. The van der Waals surface area contributed by atoms with Crippen LogP contribution in [0.1, 0.15) is 21.9 Å². The molecule has 0 bridgehead atoms. The van der Waals surface area contributed by atoms with Gasteiger partial charge in [-0.15, -0.1) is 0 Å². The second kappa shape index (κ2) is 11.4. The number of hydrogen-bond donors (Lipinski definition) is 2. The summed E-state index contributed by atoms with van der Waals surface area (Å²) in [5.41, 5.74) is 2.51. The van der Waals surface area contributed by atoms with E-state index < -0.39 is 37.9 Å². The van der Waals surface area contributed by atoms with Crippen molar-refractivity contribution >= 4 is 62.2 Å². The molecule has 3 heterocycles. The van der Waals surface area contributed by atoms with Crippen LogP contribution in [0.4, 0.5) is 11.4 Å². The molecule has 226 valence electrons. The number of nitrogens with one attached hydrogen (secondary N) is 1. The molecule has 2 aliphatic heterocycles. The molecule has 44 heavy (non-hydrogen) atoms. The Morgan fingerprint density at radius 1 is 0.955 bits per heavy atom. The van der Waals surface area contributed by atoms with Crippen LogP contribution in [0.25, 0.3) is 0 Å². The lowest BCUT2D eigenvalue weighted by Crippen LogP contribution is -2.33. The lowest BCUT2D eigenvalue weighted by Gasteiger charge is -2.30. The van der Waals surface area contributed by atoms with Gasteiger partial charge in [0, 0.05) is 16.5 Å². The van der Waals surface area contributed by atoms with Gasteiger partial charge >= 0.3 is 4.87 Å². The first-order valence-electron chi connectivity index (χ1n) is 13.4. The number of benzene rings is 3. The molecule has 1 aromatic heterocycles. The fourth-order valence-electron chi connectivity index (χ4n) is 5.45. The van der Waals surface area contributed by atoms with Crippen molar-refractivity contribution in [3.05, 3.63) is 98.5 Å². The van der Waals surface area contributed by atoms with Crippen molar-refractivity contribution in [2.45, 2.75) is 34.6 Å². The van der Waals surface area contributed by atoms with Crippen molar-refractivity contribution in [1.82, 2.24) is 4.57 Å². The molecular weight excluding hydrogens is 625 g/mol.